The molecule has 1 aromatic heterocycles. The van der Waals surface area contributed by atoms with E-state index in [2.05, 4.69) is 6.92 Å². The molecule has 0 amide bonds. The van der Waals surface area contributed by atoms with Gasteiger partial charge in [0.05, 0.1) is 5.56 Å². The highest BCUT2D eigenvalue weighted by Crippen LogP contribution is 2.72. The molecule has 0 radical (unpaired) electrons. The Morgan fingerprint density at radius 1 is 0.810 bits per heavy atom. The van der Waals surface area contributed by atoms with E-state index >= 15 is 0 Å². The Morgan fingerprint density at radius 2 is 1.48 bits per heavy atom. The van der Waals surface area contributed by atoms with Gasteiger partial charge in [-0.1, -0.05) is 39.0 Å². The van der Waals surface area contributed by atoms with Gasteiger partial charge in [0.25, 0.3) is 5.58 Å². The monoisotopic (exact) mass is 312 g/mol. The van der Waals surface area contributed by atoms with Crippen LogP contribution in [0.2, 0.25) is 0 Å². The van der Waals surface area contributed by atoms with Crippen molar-refractivity contribution < 1.29 is 27.3 Å². The Kier molecular flexibility index (Phi) is 2.96. The lowest BCUT2D eigenvalue weighted by Crippen LogP contribution is -2.02. The van der Waals surface area contributed by atoms with Gasteiger partial charge in [0.2, 0.25) is 17.1 Å². The molecule has 0 N–H and O–H groups in total. The van der Waals surface area contributed by atoms with Crippen molar-refractivity contribution in [2.24, 2.45) is 0 Å². The van der Waals surface area contributed by atoms with Gasteiger partial charge in [-0.3, -0.25) is 9.15 Å². The number of aryl methyl sites for hydroxylation is 1. The lowest BCUT2D eigenvalue weighted by molar-refractivity contribution is 0.0559. The minimum Gasteiger partial charge on any atom is -0.381 e. The lowest BCUT2D eigenvalue weighted by Gasteiger charge is -2.15. The van der Waals surface area contributed by atoms with Crippen LogP contribution in [0.5, 0.6) is 17.2 Å². The Hall–Kier alpha value is -1.55. The number of phosphoric acid groups is 1. The average molecular weight is 312 g/mol. The van der Waals surface area contributed by atoms with Gasteiger partial charge in [0, 0.05) is 0 Å². The van der Waals surface area contributed by atoms with Crippen LogP contribution in [-0.4, -0.2) is 0 Å². The van der Waals surface area contributed by atoms with Crippen molar-refractivity contribution in [3.63, 3.8) is 0 Å². The van der Waals surface area contributed by atoms with Gasteiger partial charge in [-0.15, -0.1) is 0 Å². The molecule has 3 heterocycles. The number of fused-ring (bicyclic) bond motifs is 3. The zero-order valence-electron chi connectivity index (χ0n) is 11.8. The maximum Gasteiger partial charge on any atom is 0.647 e. The van der Waals surface area contributed by atoms with E-state index < -0.39 is 7.82 Å². The predicted molar refractivity (Wildman–Crippen MR) is 75.1 cm³/mol. The minimum absolute atomic E-state index is 0.354. The van der Waals surface area contributed by atoms with Crippen LogP contribution in [0.1, 0.15) is 51.0 Å². The average Bonchev–Trinajstić information content (AvgIpc) is 2.92. The molecule has 2 bridgehead atoms. The first kappa shape index (κ1) is 13.1. The number of hydrogen-bond acceptors (Lipinski definition) is 6. The Balaban J connectivity index is 1.51. The minimum atomic E-state index is -3.48. The van der Waals surface area contributed by atoms with Crippen LogP contribution >= 0.6 is 7.82 Å². The molecule has 2 aliphatic rings. The second kappa shape index (κ2) is 4.73. The highest BCUT2D eigenvalue weighted by Gasteiger charge is 2.54. The van der Waals surface area contributed by atoms with Crippen LogP contribution in [0.3, 0.4) is 0 Å². The van der Waals surface area contributed by atoms with E-state index in [0.717, 1.165) is 24.8 Å². The summed E-state index contributed by atoms with van der Waals surface area (Å²) in [5, 5.41) is 0. The number of unbranched alkanes of at least 4 members (excludes halogenated alkanes) is 5. The number of hydrogen-bond donors (Lipinski definition) is 0. The van der Waals surface area contributed by atoms with Crippen molar-refractivity contribution in [2.45, 2.75) is 51.9 Å². The van der Waals surface area contributed by atoms with Gasteiger partial charge >= 0.3 is 7.82 Å². The zero-order chi connectivity index (χ0) is 14.4. The van der Waals surface area contributed by atoms with E-state index in [1.54, 1.807) is 0 Å². The molecule has 0 aliphatic carbocycles. The summed E-state index contributed by atoms with van der Waals surface area (Å²) in [7, 11) is -3.48. The van der Waals surface area contributed by atoms with Crippen LogP contribution in [0.25, 0.3) is 11.2 Å². The SMILES string of the molecule is CCCCCCCCc1c2c3c(c4ooc14)OP(=O)(O2)O3. The normalized spacial score (nSPS) is 21.6. The largest absolute Gasteiger partial charge is 0.647 e. The summed E-state index contributed by atoms with van der Waals surface area (Å²) in [5.74, 6) is 1.27. The van der Waals surface area contributed by atoms with E-state index in [1.165, 1.54) is 25.7 Å². The fourth-order valence-electron chi connectivity index (χ4n) is 2.86. The van der Waals surface area contributed by atoms with Crippen molar-refractivity contribution in [2.75, 3.05) is 0 Å². The van der Waals surface area contributed by atoms with E-state index in [-0.39, 0.29) is 0 Å². The summed E-state index contributed by atoms with van der Waals surface area (Å²) in [6.45, 7) is 2.21. The Morgan fingerprint density at radius 3 is 2.19 bits per heavy atom. The first-order chi connectivity index (χ1) is 10.2. The third-order valence-corrected chi connectivity index (χ3v) is 5.19. The summed E-state index contributed by atoms with van der Waals surface area (Å²) < 4.78 is 37.8. The van der Waals surface area contributed by atoms with E-state index in [9.17, 15) is 4.57 Å². The van der Waals surface area contributed by atoms with Crippen LogP contribution in [-0.2, 0) is 11.0 Å². The second-order valence-corrected chi connectivity index (χ2v) is 6.97. The van der Waals surface area contributed by atoms with Gasteiger partial charge in [-0.05, 0) is 12.8 Å². The third kappa shape index (κ3) is 1.96. The van der Waals surface area contributed by atoms with Crippen molar-refractivity contribution >= 4 is 19.0 Å². The molecule has 21 heavy (non-hydrogen) atoms. The lowest BCUT2D eigenvalue weighted by atomic mass is 10.0. The molecule has 6 nitrogen and oxygen atoms in total. The fraction of sp³-hybridized carbons (Fsp3) is 0.571. The van der Waals surface area contributed by atoms with Crippen LogP contribution in [0.4, 0.5) is 0 Å². The zero-order valence-corrected chi connectivity index (χ0v) is 12.7. The number of phosphoric ester groups is 1. The fourth-order valence-corrected chi connectivity index (χ4v) is 4.17. The molecule has 4 rings (SSSR count). The topological polar surface area (TPSA) is 71.0 Å². The summed E-state index contributed by atoms with van der Waals surface area (Å²) >= 11 is 0. The molecule has 0 spiro atoms. The molecule has 1 aromatic carbocycles. The molecule has 114 valence electrons. The van der Waals surface area contributed by atoms with Gasteiger partial charge in [0.1, 0.15) is 0 Å². The van der Waals surface area contributed by atoms with Crippen molar-refractivity contribution in [3.05, 3.63) is 5.56 Å². The van der Waals surface area contributed by atoms with Gasteiger partial charge in [0.15, 0.2) is 5.75 Å². The molecule has 0 fully saturated rings. The number of rotatable bonds is 7. The van der Waals surface area contributed by atoms with E-state index in [4.69, 9.17) is 22.7 Å². The highest BCUT2D eigenvalue weighted by atomic mass is 31.2. The molecular formula is C14H17O6P. The van der Waals surface area contributed by atoms with Gasteiger partial charge in [-0.25, -0.2) is 0 Å². The van der Waals surface area contributed by atoms with Crippen molar-refractivity contribution in [1.29, 1.82) is 0 Å². The first-order valence-electron chi connectivity index (χ1n) is 7.48. The molecule has 0 saturated carbocycles. The quantitative estimate of drug-likeness (QED) is 0.397. The number of benzene rings is 1. The van der Waals surface area contributed by atoms with E-state index in [0.29, 0.717) is 28.4 Å². The second-order valence-electron chi connectivity index (χ2n) is 5.53. The molecule has 2 aromatic rings. The molecule has 1 atom stereocenters. The maximum absolute atomic E-state index is 12.0. The van der Waals surface area contributed by atoms with Crippen LogP contribution in [0, 0.1) is 0 Å². The Labute approximate surface area is 121 Å². The Bertz CT molecular complexity index is 727. The van der Waals surface area contributed by atoms with Crippen LogP contribution < -0.4 is 13.6 Å². The predicted octanol–water partition coefficient (Wildman–Crippen LogP) is 5.20. The van der Waals surface area contributed by atoms with Gasteiger partial charge in [-0.2, -0.15) is 4.57 Å². The summed E-state index contributed by atoms with van der Waals surface area (Å²) in [6, 6.07) is 0. The van der Waals surface area contributed by atoms with Crippen molar-refractivity contribution in [3.8, 4) is 17.2 Å². The molecule has 1 unspecified atom stereocenters. The molecule has 0 saturated heterocycles. The summed E-state index contributed by atoms with van der Waals surface area (Å²) in [6.07, 6.45) is 8.01. The highest BCUT2D eigenvalue weighted by molar-refractivity contribution is 7.50. The summed E-state index contributed by atoms with van der Waals surface area (Å²) in [4.78, 5) is 0. The standard InChI is InChI=1S/C14H17O6P/c1-2-3-4-5-6-7-8-9-10-12(17-16-10)14-13-11(9)18-21(15,19-13)20-14/h2-8H2,1H3. The molecule has 2 aliphatic heterocycles. The third-order valence-electron chi connectivity index (χ3n) is 3.97. The smallest absolute Gasteiger partial charge is 0.381 e. The van der Waals surface area contributed by atoms with Gasteiger partial charge < -0.3 is 13.6 Å². The first-order valence-corrected chi connectivity index (χ1v) is 8.94. The van der Waals surface area contributed by atoms with Crippen LogP contribution in [0.15, 0.2) is 9.15 Å². The van der Waals surface area contributed by atoms with E-state index in [1.807, 2.05) is 0 Å². The van der Waals surface area contributed by atoms with Crippen molar-refractivity contribution in [1.82, 2.24) is 0 Å². The summed E-state index contributed by atoms with van der Waals surface area (Å²) in [5.41, 5.74) is 2.00. The maximum atomic E-state index is 12.0. The molecular weight excluding hydrogens is 295 g/mol. The molecule has 7 heteroatoms.